The third kappa shape index (κ3) is 3.84. The summed E-state index contributed by atoms with van der Waals surface area (Å²) in [6, 6.07) is 13.8. The summed E-state index contributed by atoms with van der Waals surface area (Å²) < 4.78 is 0. The molecule has 0 aromatic heterocycles. The van der Waals surface area contributed by atoms with E-state index in [0.717, 1.165) is 22.4 Å². The largest absolute Gasteiger partial charge is 0.332 e. The van der Waals surface area contributed by atoms with Crippen LogP contribution in [0.2, 0.25) is 0 Å². The van der Waals surface area contributed by atoms with Crippen LogP contribution in [0.3, 0.4) is 0 Å². The molecular formula is C21H23N3O3. The van der Waals surface area contributed by atoms with Crippen molar-refractivity contribution in [2.45, 2.75) is 33.2 Å². The fourth-order valence-electron chi connectivity index (χ4n) is 3.12. The normalized spacial score (nSPS) is 16.8. The molecule has 2 aromatic carbocycles. The Bertz CT molecular complexity index is 876. The number of carbonyl (C=O) groups excluding carboxylic acids is 3. The van der Waals surface area contributed by atoms with Crippen LogP contribution in [-0.4, -0.2) is 35.3 Å². The molecule has 1 unspecified atom stereocenters. The molecular weight excluding hydrogens is 342 g/mol. The van der Waals surface area contributed by atoms with Gasteiger partial charge in [-0.15, -0.1) is 0 Å². The van der Waals surface area contributed by atoms with Crippen LogP contribution in [0.25, 0.3) is 0 Å². The summed E-state index contributed by atoms with van der Waals surface area (Å²) in [6.45, 7) is 5.35. The van der Waals surface area contributed by atoms with E-state index in [1.54, 1.807) is 25.1 Å². The summed E-state index contributed by atoms with van der Waals surface area (Å²) in [7, 11) is 0. The second-order valence-corrected chi connectivity index (χ2v) is 6.69. The molecule has 1 fully saturated rings. The van der Waals surface area contributed by atoms with Gasteiger partial charge in [0.15, 0.2) is 0 Å². The Labute approximate surface area is 158 Å². The van der Waals surface area contributed by atoms with Crippen molar-refractivity contribution < 1.29 is 14.4 Å². The molecule has 1 heterocycles. The Balaban J connectivity index is 1.72. The third-order valence-electron chi connectivity index (χ3n) is 4.68. The first-order valence-electron chi connectivity index (χ1n) is 9.00. The van der Waals surface area contributed by atoms with E-state index < -0.39 is 18.0 Å². The summed E-state index contributed by atoms with van der Waals surface area (Å²) in [4.78, 5) is 40.1. The molecule has 1 saturated heterocycles. The van der Waals surface area contributed by atoms with Crippen molar-refractivity contribution in [1.29, 1.82) is 0 Å². The average Bonchev–Trinajstić information content (AvgIpc) is 2.86. The van der Waals surface area contributed by atoms with Gasteiger partial charge >= 0.3 is 6.03 Å². The van der Waals surface area contributed by atoms with Gasteiger partial charge in [0, 0.05) is 11.4 Å². The number of benzene rings is 2. The van der Waals surface area contributed by atoms with Gasteiger partial charge in [0.2, 0.25) is 5.91 Å². The number of amides is 4. The number of carbonyl (C=O) groups is 3. The zero-order chi connectivity index (χ0) is 19.6. The summed E-state index contributed by atoms with van der Waals surface area (Å²) in [5.41, 5.74) is 3.46. The molecule has 6 heteroatoms. The number of aryl methyl sites for hydroxylation is 2. The van der Waals surface area contributed by atoms with Crippen LogP contribution in [0.5, 0.6) is 0 Å². The third-order valence-corrected chi connectivity index (χ3v) is 4.68. The van der Waals surface area contributed by atoms with Gasteiger partial charge in [-0.2, -0.15) is 0 Å². The van der Waals surface area contributed by atoms with Crippen LogP contribution in [0.4, 0.5) is 16.2 Å². The van der Waals surface area contributed by atoms with Crippen LogP contribution in [0.1, 0.15) is 25.0 Å². The molecule has 2 aromatic rings. The lowest BCUT2D eigenvalue weighted by Crippen LogP contribution is -2.39. The maximum Gasteiger partial charge on any atom is 0.332 e. The van der Waals surface area contributed by atoms with E-state index in [1.807, 2.05) is 44.2 Å². The van der Waals surface area contributed by atoms with Crippen LogP contribution >= 0.6 is 0 Å². The SMILES string of the molecule is CCc1cccc(NC(=O)CN2C(=O)C(C)N(c3ccc(C)cc3)C2=O)c1. The minimum Gasteiger partial charge on any atom is -0.325 e. The van der Waals surface area contributed by atoms with Crippen molar-refractivity contribution >= 4 is 29.2 Å². The van der Waals surface area contributed by atoms with Gasteiger partial charge in [0.25, 0.3) is 5.91 Å². The first kappa shape index (κ1) is 18.6. The lowest BCUT2D eigenvalue weighted by Gasteiger charge is -2.19. The molecule has 0 radical (unpaired) electrons. The van der Waals surface area contributed by atoms with Gasteiger partial charge in [-0.25, -0.2) is 4.79 Å². The summed E-state index contributed by atoms with van der Waals surface area (Å²) in [5, 5.41) is 2.76. The molecule has 6 nitrogen and oxygen atoms in total. The molecule has 0 aliphatic carbocycles. The number of hydrogen-bond donors (Lipinski definition) is 1. The van der Waals surface area contributed by atoms with Crippen molar-refractivity contribution in [3.05, 3.63) is 59.7 Å². The summed E-state index contributed by atoms with van der Waals surface area (Å²) in [5.74, 6) is -0.777. The number of rotatable bonds is 5. The Morgan fingerprint density at radius 1 is 1.11 bits per heavy atom. The smallest absolute Gasteiger partial charge is 0.325 e. The second-order valence-electron chi connectivity index (χ2n) is 6.69. The molecule has 140 valence electrons. The van der Waals surface area contributed by atoms with Crippen molar-refractivity contribution in [2.75, 3.05) is 16.8 Å². The molecule has 0 spiro atoms. The lowest BCUT2D eigenvalue weighted by atomic mass is 10.1. The molecule has 27 heavy (non-hydrogen) atoms. The number of urea groups is 1. The molecule has 1 atom stereocenters. The van der Waals surface area contributed by atoms with Gasteiger partial charge in [0.1, 0.15) is 12.6 Å². The zero-order valence-corrected chi connectivity index (χ0v) is 15.7. The maximum absolute atomic E-state index is 12.8. The Kier molecular flexibility index (Phi) is 5.26. The predicted molar refractivity (Wildman–Crippen MR) is 105 cm³/mol. The fourth-order valence-corrected chi connectivity index (χ4v) is 3.12. The molecule has 4 amide bonds. The van der Waals surface area contributed by atoms with E-state index in [1.165, 1.54) is 4.90 Å². The standard InChI is InChI=1S/C21H23N3O3/c1-4-16-6-5-7-17(12-16)22-19(25)13-23-20(26)15(3)24(21(23)27)18-10-8-14(2)9-11-18/h5-12,15H,4,13H2,1-3H3,(H,22,25). The van der Waals surface area contributed by atoms with Gasteiger partial charge in [-0.1, -0.05) is 36.8 Å². The quantitative estimate of drug-likeness (QED) is 0.826. The minimum atomic E-state index is -0.642. The number of imide groups is 1. The van der Waals surface area contributed by atoms with E-state index in [9.17, 15) is 14.4 Å². The van der Waals surface area contributed by atoms with E-state index in [2.05, 4.69) is 5.32 Å². The molecule has 1 aliphatic heterocycles. The lowest BCUT2D eigenvalue weighted by molar-refractivity contribution is -0.130. The highest BCUT2D eigenvalue weighted by atomic mass is 16.2. The predicted octanol–water partition coefficient (Wildman–Crippen LogP) is 3.35. The fraction of sp³-hybridized carbons (Fsp3) is 0.286. The van der Waals surface area contributed by atoms with Gasteiger partial charge < -0.3 is 5.32 Å². The molecule has 1 N–H and O–H groups in total. The molecule has 3 rings (SSSR count). The van der Waals surface area contributed by atoms with Crippen molar-refractivity contribution in [1.82, 2.24) is 4.90 Å². The van der Waals surface area contributed by atoms with E-state index in [0.29, 0.717) is 11.4 Å². The van der Waals surface area contributed by atoms with Crippen molar-refractivity contribution in [3.63, 3.8) is 0 Å². The number of nitrogens with one attached hydrogen (secondary N) is 1. The van der Waals surface area contributed by atoms with Crippen molar-refractivity contribution in [2.24, 2.45) is 0 Å². The summed E-state index contributed by atoms with van der Waals surface area (Å²) in [6.07, 6.45) is 0.857. The number of anilines is 2. The first-order chi connectivity index (χ1) is 12.9. The monoisotopic (exact) mass is 365 g/mol. The van der Waals surface area contributed by atoms with Gasteiger partial charge in [0.05, 0.1) is 0 Å². The maximum atomic E-state index is 12.8. The zero-order valence-electron chi connectivity index (χ0n) is 15.7. The van der Waals surface area contributed by atoms with Crippen LogP contribution in [-0.2, 0) is 16.0 Å². The highest BCUT2D eigenvalue weighted by Crippen LogP contribution is 2.26. The average molecular weight is 365 g/mol. The van der Waals surface area contributed by atoms with Gasteiger partial charge in [-0.3, -0.25) is 19.4 Å². The van der Waals surface area contributed by atoms with Crippen LogP contribution in [0, 0.1) is 6.92 Å². The number of nitrogens with zero attached hydrogens (tertiary/aromatic N) is 2. The highest BCUT2D eigenvalue weighted by Gasteiger charge is 2.44. The molecule has 0 bridgehead atoms. The molecule has 0 saturated carbocycles. The Morgan fingerprint density at radius 3 is 2.48 bits per heavy atom. The number of hydrogen-bond acceptors (Lipinski definition) is 3. The van der Waals surface area contributed by atoms with E-state index >= 15 is 0 Å². The van der Waals surface area contributed by atoms with Gasteiger partial charge in [-0.05, 0) is 50.1 Å². The molecule has 1 aliphatic rings. The van der Waals surface area contributed by atoms with E-state index in [4.69, 9.17) is 0 Å². The second kappa shape index (κ2) is 7.61. The Hall–Kier alpha value is -3.15. The highest BCUT2D eigenvalue weighted by molar-refractivity contribution is 6.16. The van der Waals surface area contributed by atoms with Crippen molar-refractivity contribution in [3.8, 4) is 0 Å². The Morgan fingerprint density at radius 2 is 1.81 bits per heavy atom. The summed E-state index contributed by atoms with van der Waals surface area (Å²) >= 11 is 0. The first-order valence-corrected chi connectivity index (χ1v) is 9.00. The van der Waals surface area contributed by atoms with Crippen LogP contribution in [0.15, 0.2) is 48.5 Å². The topological polar surface area (TPSA) is 69.7 Å². The van der Waals surface area contributed by atoms with E-state index in [-0.39, 0.29) is 12.5 Å². The van der Waals surface area contributed by atoms with Crippen LogP contribution < -0.4 is 10.2 Å². The minimum absolute atomic E-state index is 0.305.